The van der Waals surface area contributed by atoms with Crippen LogP contribution in [0.25, 0.3) is 17.0 Å². The second-order valence-corrected chi connectivity index (χ2v) is 10.2. The molecule has 194 valence electrons. The Kier molecular flexibility index (Phi) is 6.55. The first-order valence-corrected chi connectivity index (χ1v) is 13.3. The predicted molar refractivity (Wildman–Crippen MR) is 149 cm³/mol. The molecule has 39 heavy (non-hydrogen) atoms. The number of benzene rings is 2. The van der Waals surface area contributed by atoms with E-state index in [2.05, 4.69) is 40.9 Å². The third-order valence-corrected chi connectivity index (χ3v) is 7.73. The van der Waals surface area contributed by atoms with E-state index in [4.69, 9.17) is 4.74 Å². The molecule has 1 aromatic heterocycles. The van der Waals surface area contributed by atoms with Gasteiger partial charge in [-0.05, 0) is 80.2 Å². The SMILES string of the molecule is C=C1C=CC2=C(C(=O)c3ccc(C#N)cc32)N1C(C)c1cccc(-c2ncc(OCC3CCNCC3)cn2)c1. The number of allylic oxidation sites excluding steroid dienone is 4. The number of nitriles is 1. The summed E-state index contributed by atoms with van der Waals surface area (Å²) in [6.45, 7) is 9.06. The lowest BCUT2D eigenvalue weighted by molar-refractivity contribution is 0.0996. The van der Waals surface area contributed by atoms with Crippen LogP contribution in [-0.4, -0.2) is 40.3 Å². The van der Waals surface area contributed by atoms with Gasteiger partial charge >= 0.3 is 0 Å². The molecule has 7 heteroatoms. The van der Waals surface area contributed by atoms with Gasteiger partial charge < -0.3 is 15.0 Å². The summed E-state index contributed by atoms with van der Waals surface area (Å²) in [6, 6.07) is 15.3. The van der Waals surface area contributed by atoms with Crippen LogP contribution in [0.3, 0.4) is 0 Å². The molecule has 1 fully saturated rings. The molecule has 3 heterocycles. The van der Waals surface area contributed by atoms with Gasteiger partial charge in [0.15, 0.2) is 11.6 Å². The molecule has 6 rings (SSSR count). The molecule has 3 aromatic rings. The van der Waals surface area contributed by atoms with Crippen molar-refractivity contribution in [3.63, 3.8) is 0 Å². The van der Waals surface area contributed by atoms with Gasteiger partial charge in [0.1, 0.15) is 0 Å². The molecule has 2 aliphatic heterocycles. The molecule has 7 nitrogen and oxygen atoms in total. The van der Waals surface area contributed by atoms with Crippen LogP contribution in [0.1, 0.15) is 52.9 Å². The number of nitrogens with one attached hydrogen (secondary N) is 1. The van der Waals surface area contributed by atoms with Gasteiger partial charge in [0, 0.05) is 22.4 Å². The minimum Gasteiger partial charge on any atom is -0.490 e. The highest BCUT2D eigenvalue weighted by Crippen LogP contribution is 2.44. The average molecular weight is 516 g/mol. The second-order valence-electron chi connectivity index (χ2n) is 10.2. The molecule has 1 aliphatic carbocycles. The smallest absolute Gasteiger partial charge is 0.210 e. The van der Waals surface area contributed by atoms with Crippen molar-refractivity contribution in [1.29, 1.82) is 5.26 Å². The van der Waals surface area contributed by atoms with Gasteiger partial charge in [-0.15, -0.1) is 0 Å². The summed E-state index contributed by atoms with van der Waals surface area (Å²) in [5.74, 6) is 1.80. The van der Waals surface area contributed by atoms with Gasteiger partial charge in [0.05, 0.1) is 42.4 Å². The van der Waals surface area contributed by atoms with Crippen molar-refractivity contribution >= 4 is 11.4 Å². The molecule has 0 amide bonds. The van der Waals surface area contributed by atoms with Crippen LogP contribution in [-0.2, 0) is 0 Å². The number of ether oxygens (including phenoxy) is 1. The fraction of sp³-hybridized carbons (Fsp3) is 0.250. The molecule has 1 N–H and O–H groups in total. The van der Waals surface area contributed by atoms with Crippen LogP contribution in [0, 0.1) is 17.2 Å². The van der Waals surface area contributed by atoms with Crippen molar-refractivity contribution in [3.8, 4) is 23.2 Å². The Bertz CT molecular complexity index is 1560. The fourth-order valence-corrected chi connectivity index (χ4v) is 5.55. The monoisotopic (exact) mass is 515 g/mol. The van der Waals surface area contributed by atoms with E-state index in [9.17, 15) is 10.1 Å². The summed E-state index contributed by atoms with van der Waals surface area (Å²) < 4.78 is 5.95. The summed E-state index contributed by atoms with van der Waals surface area (Å²) in [5, 5.41) is 12.7. The van der Waals surface area contributed by atoms with Crippen molar-refractivity contribution in [2.45, 2.75) is 25.8 Å². The number of rotatable bonds is 6. The third-order valence-electron chi connectivity index (χ3n) is 7.73. The van der Waals surface area contributed by atoms with Crippen molar-refractivity contribution in [3.05, 3.63) is 107 Å². The highest BCUT2D eigenvalue weighted by atomic mass is 16.5. The molecule has 0 bridgehead atoms. The molecule has 3 aliphatic rings. The summed E-state index contributed by atoms with van der Waals surface area (Å²) in [7, 11) is 0. The van der Waals surface area contributed by atoms with E-state index in [0.29, 0.717) is 40.9 Å². The quantitative estimate of drug-likeness (QED) is 0.467. The minimum absolute atomic E-state index is 0.0543. The van der Waals surface area contributed by atoms with E-state index in [1.807, 2.05) is 35.3 Å². The van der Waals surface area contributed by atoms with Gasteiger partial charge in [0.25, 0.3) is 0 Å². The molecule has 1 atom stereocenters. The van der Waals surface area contributed by atoms with E-state index in [1.165, 1.54) is 0 Å². The highest BCUT2D eigenvalue weighted by molar-refractivity contribution is 6.22. The number of ketones is 1. The number of hydrogen-bond donors (Lipinski definition) is 1. The van der Waals surface area contributed by atoms with Crippen LogP contribution in [0.15, 0.2) is 85.0 Å². The van der Waals surface area contributed by atoms with Crippen LogP contribution in [0.4, 0.5) is 0 Å². The Balaban J connectivity index is 1.23. The zero-order valence-electron chi connectivity index (χ0n) is 21.9. The average Bonchev–Trinajstić information content (AvgIpc) is 3.27. The maximum absolute atomic E-state index is 13.5. The largest absolute Gasteiger partial charge is 0.490 e. The molecule has 0 saturated carbocycles. The topological polar surface area (TPSA) is 91.1 Å². The number of hydrogen-bond acceptors (Lipinski definition) is 7. The first-order chi connectivity index (χ1) is 19.0. The Morgan fingerprint density at radius 1 is 1.13 bits per heavy atom. The first-order valence-electron chi connectivity index (χ1n) is 13.3. The number of piperidine rings is 1. The van der Waals surface area contributed by atoms with E-state index >= 15 is 0 Å². The van der Waals surface area contributed by atoms with Gasteiger partial charge in [0.2, 0.25) is 5.78 Å². The van der Waals surface area contributed by atoms with Crippen LogP contribution < -0.4 is 10.1 Å². The van der Waals surface area contributed by atoms with Crippen molar-refractivity contribution in [2.75, 3.05) is 19.7 Å². The summed E-state index contributed by atoms with van der Waals surface area (Å²) in [5.41, 5.74) is 5.98. The second kappa shape index (κ2) is 10.3. The van der Waals surface area contributed by atoms with E-state index in [0.717, 1.165) is 53.9 Å². The van der Waals surface area contributed by atoms with E-state index < -0.39 is 0 Å². The number of carbonyl (C=O) groups excluding carboxylic acids is 1. The number of aromatic nitrogens is 2. The Hall–Kier alpha value is -4.54. The zero-order chi connectivity index (χ0) is 26.9. The van der Waals surface area contributed by atoms with Crippen LogP contribution in [0.5, 0.6) is 5.75 Å². The van der Waals surface area contributed by atoms with Gasteiger partial charge in [-0.25, -0.2) is 9.97 Å². The summed E-state index contributed by atoms with van der Waals surface area (Å²) in [4.78, 5) is 24.6. The lowest BCUT2D eigenvalue weighted by Crippen LogP contribution is -2.30. The van der Waals surface area contributed by atoms with Crippen molar-refractivity contribution in [2.24, 2.45) is 5.92 Å². The fourth-order valence-electron chi connectivity index (χ4n) is 5.55. The Morgan fingerprint density at radius 2 is 1.92 bits per heavy atom. The van der Waals surface area contributed by atoms with Gasteiger partial charge in [-0.2, -0.15) is 5.26 Å². The maximum atomic E-state index is 13.5. The predicted octanol–water partition coefficient (Wildman–Crippen LogP) is 5.45. The number of fused-ring (bicyclic) bond motifs is 2. The van der Waals surface area contributed by atoms with Crippen molar-refractivity contribution in [1.82, 2.24) is 20.2 Å². The normalized spacial score (nSPS) is 17.6. The molecule has 0 spiro atoms. The molecule has 1 unspecified atom stereocenters. The molecular formula is C32H29N5O2. The van der Waals surface area contributed by atoms with Crippen LogP contribution in [0.2, 0.25) is 0 Å². The number of nitrogens with zero attached hydrogens (tertiary/aromatic N) is 4. The maximum Gasteiger partial charge on any atom is 0.210 e. The molecule has 1 saturated heterocycles. The van der Waals surface area contributed by atoms with E-state index in [1.54, 1.807) is 30.6 Å². The lowest BCUT2D eigenvalue weighted by Gasteiger charge is -2.35. The van der Waals surface area contributed by atoms with Crippen LogP contribution >= 0.6 is 0 Å². The molecule has 0 radical (unpaired) electrons. The highest BCUT2D eigenvalue weighted by Gasteiger charge is 2.37. The molecule has 2 aromatic carbocycles. The summed E-state index contributed by atoms with van der Waals surface area (Å²) in [6.07, 6.45) is 9.56. The van der Waals surface area contributed by atoms with Gasteiger partial charge in [-0.3, -0.25) is 4.79 Å². The number of carbonyl (C=O) groups is 1. The Morgan fingerprint density at radius 3 is 2.69 bits per heavy atom. The Labute approximate surface area is 228 Å². The summed E-state index contributed by atoms with van der Waals surface area (Å²) >= 11 is 0. The third kappa shape index (κ3) is 4.64. The lowest BCUT2D eigenvalue weighted by atomic mass is 9.98. The van der Waals surface area contributed by atoms with Crippen molar-refractivity contribution < 1.29 is 9.53 Å². The minimum atomic E-state index is -0.173. The first kappa shape index (κ1) is 24.8. The molecular weight excluding hydrogens is 486 g/mol. The zero-order valence-corrected chi connectivity index (χ0v) is 21.9. The van der Waals surface area contributed by atoms with Gasteiger partial charge in [-0.1, -0.05) is 30.9 Å². The van der Waals surface area contributed by atoms with E-state index in [-0.39, 0.29) is 11.8 Å². The standard InChI is InChI=1S/C32H29N5O2/c1-20-6-8-27-29-14-23(16-33)7-9-28(29)31(38)30(27)37(20)21(2)24-4-3-5-25(15-24)32-35-17-26(18-36-32)39-19-22-10-12-34-13-11-22/h3-9,14-15,17-18,21-22,34H,1,10-13,19H2,2H3. The number of Topliss-reactive ketones (excluding diaryl/α,β-unsaturated/α-hetero) is 1.